The van der Waals surface area contributed by atoms with E-state index in [1.807, 2.05) is 31.2 Å². The second-order valence-corrected chi connectivity index (χ2v) is 5.80. The van der Waals surface area contributed by atoms with E-state index >= 15 is 0 Å². The van der Waals surface area contributed by atoms with Gasteiger partial charge >= 0.3 is 0 Å². The normalized spacial score (nSPS) is 13.2. The van der Waals surface area contributed by atoms with Gasteiger partial charge in [-0.1, -0.05) is 24.3 Å². The van der Waals surface area contributed by atoms with Gasteiger partial charge in [0.2, 0.25) is 0 Å². The van der Waals surface area contributed by atoms with Crippen molar-refractivity contribution in [3.05, 3.63) is 59.2 Å². The number of hydrogen-bond acceptors (Lipinski definition) is 4. The number of carbonyl (C=O) groups excluding carboxylic acids is 1. The largest absolute Gasteiger partial charge is 0.490 e. The predicted octanol–water partition coefficient (Wildman–Crippen LogP) is 3.31. The number of benzene rings is 2. The fourth-order valence-electron chi connectivity index (χ4n) is 2.66. The van der Waals surface area contributed by atoms with Crippen LogP contribution in [0.2, 0.25) is 0 Å². The van der Waals surface area contributed by atoms with Gasteiger partial charge in [-0.3, -0.25) is 4.79 Å². The number of carbonyl (C=O) groups is 1. The minimum Gasteiger partial charge on any atom is -0.490 e. The molecule has 1 aliphatic rings. The number of rotatable bonds is 6. The second-order valence-electron chi connectivity index (χ2n) is 5.80. The van der Waals surface area contributed by atoms with E-state index in [9.17, 15) is 4.79 Å². The molecule has 1 amide bonds. The molecule has 1 N–H and O–H groups in total. The first-order chi connectivity index (χ1) is 12.3. The van der Waals surface area contributed by atoms with Crippen molar-refractivity contribution in [2.75, 3.05) is 19.8 Å². The molecular weight excluding hydrogens is 318 g/mol. The summed E-state index contributed by atoms with van der Waals surface area (Å²) in [6.45, 7) is 4.87. The molecule has 0 saturated carbocycles. The van der Waals surface area contributed by atoms with Gasteiger partial charge in [-0.05, 0) is 36.2 Å². The third-order valence-electron chi connectivity index (χ3n) is 4.03. The van der Waals surface area contributed by atoms with Crippen LogP contribution >= 0.6 is 0 Å². The molecular formula is C20H23NO4. The Morgan fingerprint density at radius 1 is 1.08 bits per heavy atom. The number of ether oxygens (including phenoxy) is 3. The van der Waals surface area contributed by atoms with Crippen molar-refractivity contribution >= 4 is 5.91 Å². The lowest BCUT2D eigenvalue weighted by molar-refractivity contribution is 0.0949. The number of hydrogen-bond donors (Lipinski definition) is 1. The Hall–Kier alpha value is -2.53. The number of amides is 1. The summed E-state index contributed by atoms with van der Waals surface area (Å²) in [7, 11) is 0. The smallest absolute Gasteiger partial charge is 0.251 e. The first-order valence-corrected chi connectivity index (χ1v) is 8.60. The predicted molar refractivity (Wildman–Crippen MR) is 95.0 cm³/mol. The van der Waals surface area contributed by atoms with E-state index in [4.69, 9.17) is 14.2 Å². The summed E-state index contributed by atoms with van der Waals surface area (Å²) in [4.78, 5) is 12.5. The second kappa shape index (κ2) is 8.53. The summed E-state index contributed by atoms with van der Waals surface area (Å²) in [6.07, 6.45) is 0.840. The molecule has 132 valence electrons. The van der Waals surface area contributed by atoms with Crippen molar-refractivity contribution in [1.29, 1.82) is 0 Å². The van der Waals surface area contributed by atoms with E-state index in [1.165, 1.54) is 0 Å². The highest BCUT2D eigenvalue weighted by Gasteiger charge is 2.14. The third kappa shape index (κ3) is 4.51. The quantitative estimate of drug-likeness (QED) is 0.876. The van der Waals surface area contributed by atoms with E-state index < -0.39 is 0 Å². The molecule has 0 unspecified atom stereocenters. The van der Waals surface area contributed by atoms with Gasteiger partial charge in [0, 0.05) is 25.1 Å². The fourth-order valence-corrected chi connectivity index (χ4v) is 2.66. The van der Waals surface area contributed by atoms with Crippen LogP contribution in [0.3, 0.4) is 0 Å². The Bertz CT molecular complexity index is 729. The molecule has 0 aliphatic carbocycles. The Balaban J connectivity index is 1.66. The lowest BCUT2D eigenvalue weighted by atomic mass is 10.1. The molecule has 1 aliphatic heterocycles. The molecule has 0 aromatic heterocycles. The fraction of sp³-hybridized carbons (Fsp3) is 0.350. The van der Waals surface area contributed by atoms with E-state index in [-0.39, 0.29) is 5.91 Å². The van der Waals surface area contributed by atoms with Crippen molar-refractivity contribution in [3.8, 4) is 11.5 Å². The number of fused-ring (bicyclic) bond motifs is 1. The highest BCUT2D eigenvalue weighted by Crippen LogP contribution is 2.30. The van der Waals surface area contributed by atoms with Gasteiger partial charge in [0.15, 0.2) is 11.5 Å². The van der Waals surface area contributed by atoms with Crippen LogP contribution in [0, 0.1) is 0 Å². The van der Waals surface area contributed by atoms with Gasteiger partial charge in [-0.2, -0.15) is 0 Å². The molecule has 0 radical (unpaired) electrons. The van der Waals surface area contributed by atoms with Gasteiger partial charge in [-0.15, -0.1) is 0 Å². The minimum absolute atomic E-state index is 0.137. The van der Waals surface area contributed by atoms with Crippen molar-refractivity contribution in [3.63, 3.8) is 0 Å². The molecule has 0 bridgehead atoms. The van der Waals surface area contributed by atoms with Crippen LogP contribution in [0.1, 0.15) is 34.8 Å². The van der Waals surface area contributed by atoms with E-state index in [0.29, 0.717) is 50.0 Å². The molecule has 2 aromatic carbocycles. The molecule has 2 aromatic rings. The van der Waals surface area contributed by atoms with Crippen LogP contribution in [0.5, 0.6) is 11.5 Å². The Labute approximate surface area is 147 Å². The molecule has 1 heterocycles. The van der Waals surface area contributed by atoms with Gasteiger partial charge in [0.1, 0.15) is 0 Å². The highest BCUT2D eigenvalue weighted by atomic mass is 16.5. The summed E-state index contributed by atoms with van der Waals surface area (Å²) in [5.74, 6) is 1.18. The first-order valence-electron chi connectivity index (χ1n) is 8.60. The van der Waals surface area contributed by atoms with Gasteiger partial charge in [0.05, 0.1) is 19.8 Å². The number of nitrogens with one attached hydrogen (secondary N) is 1. The minimum atomic E-state index is -0.137. The van der Waals surface area contributed by atoms with Gasteiger partial charge < -0.3 is 19.5 Å². The molecule has 5 nitrogen and oxygen atoms in total. The Morgan fingerprint density at radius 2 is 1.84 bits per heavy atom. The SMILES string of the molecule is CCOCc1ccccc1CNC(=O)c1ccc2c(c1)OCCCO2. The molecule has 5 heteroatoms. The molecule has 25 heavy (non-hydrogen) atoms. The maximum atomic E-state index is 12.5. The summed E-state index contributed by atoms with van der Waals surface area (Å²) < 4.78 is 16.7. The van der Waals surface area contributed by atoms with E-state index in [1.54, 1.807) is 18.2 Å². The van der Waals surface area contributed by atoms with E-state index in [2.05, 4.69) is 5.32 Å². The van der Waals surface area contributed by atoms with Crippen LogP contribution in [-0.4, -0.2) is 25.7 Å². The summed E-state index contributed by atoms with van der Waals surface area (Å²) in [6, 6.07) is 13.2. The molecule has 0 saturated heterocycles. The van der Waals surface area contributed by atoms with Crippen LogP contribution in [-0.2, 0) is 17.9 Å². The van der Waals surface area contributed by atoms with Crippen LogP contribution in [0.25, 0.3) is 0 Å². The maximum absolute atomic E-state index is 12.5. The Morgan fingerprint density at radius 3 is 2.64 bits per heavy atom. The molecule has 0 fully saturated rings. The summed E-state index contributed by atoms with van der Waals surface area (Å²) in [5, 5.41) is 2.96. The zero-order chi connectivity index (χ0) is 17.5. The average molecular weight is 341 g/mol. The zero-order valence-electron chi connectivity index (χ0n) is 14.4. The van der Waals surface area contributed by atoms with Crippen molar-refractivity contribution in [2.45, 2.75) is 26.5 Å². The molecule has 0 spiro atoms. The van der Waals surface area contributed by atoms with Gasteiger partial charge in [0.25, 0.3) is 5.91 Å². The van der Waals surface area contributed by atoms with Gasteiger partial charge in [-0.25, -0.2) is 0 Å². The van der Waals surface area contributed by atoms with Crippen molar-refractivity contribution < 1.29 is 19.0 Å². The van der Waals surface area contributed by atoms with Crippen LogP contribution in [0.15, 0.2) is 42.5 Å². The maximum Gasteiger partial charge on any atom is 0.251 e. The monoisotopic (exact) mass is 341 g/mol. The zero-order valence-corrected chi connectivity index (χ0v) is 14.4. The summed E-state index contributed by atoms with van der Waals surface area (Å²) >= 11 is 0. The molecule has 3 rings (SSSR count). The Kier molecular flexibility index (Phi) is 5.90. The van der Waals surface area contributed by atoms with Crippen LogP contribution < -0.4 is 14.8 Å². The van der Waals surface area contributed by atoms with E-state index in [0.717, 1.165) is 17.5 Å². The lowest BCUT2D eigenvalue weighted by Crippen LogP contribution is -2.23. The lowest BCUT2D eigenvalue weighted by Gasteiger charge is -2.12. The third-order valence-corrected chi connectivity index (χ3v) is 4.03. The summed E-state index contributed by atoms with van der Waals surface area (Å²) in [5.41, 5.74) is 2.70. The standard InChI is InChI=1S/C20H23NO4/c1-2-23-14-17-7-4-3-6-16(17)13-21-20(22)15-8-9-18-19(12-15)25-11-5-10-24-18/h3-4,6-9,12H,2,5,10-11,13-14H2,1H3,(H,21,22). The average Bonchev–Trinajstić information content (AvgIpc) is 2.89. The molecule has 0 atom stereocenters. The first kappa shape index (κ1) is 17.3. The van der Waals surface area contributed by atoms with Crippen molar-refractivity contribution in [1.82, 2.24) is 5.32 Å². The van der Waals surface area contributed by atoms with Crippen molar-refractivity contribution in [2.24, 2.45) is 0 Å². The topological polar surface area (TPSA) is 56.8 Å². The highest BCUT2D eigenvalue weighted by molar-refractivity contribution is 5.94. The van der Waals surface area contributed by atoms with Crippen LogP contribution in [0.4, 0.5) is 0 Å².